The van der Waals surface area contributed by atoms with Crippen molar-refractivity contribution in [3.63, 3.8) is 0 Å². The molecule has 18 heavy (non-hydrogen) atoms. The summed E-state index contributed by atoms with van der Waals surface area (Å²) in [6.45, 7) is 3.57. The molecule has 1 unspecified atom stereocenters. The Labute approximate surface area is 106 Å². The molecule has 1 aliphatic carbocycles. The van der Waals surface area contributed by atoms with Crippen LogP contribution in [-0.4, -0.2) is 33.4 Å². The molecule has 5 N–H and O–H groups in total. The molecular formula is C12H20N4O2. The molecule has 1 aromatic rings. The van der Waals surface area contributed by atoms with Gasteiger partial charge in [-0.2, -0.15) is 5.10 Å². The van der Waals surface area contributed by atoms with E-state index < -0.39 is 5.54 Å². The molecule has 0 aliphatic heterocycles. The normalized spacial score (nSPS) is 18.4. The summed E-state index contributed by atoms with van der Waals surface area (Å²) in [6.07, 6.45) is 2.82. The summed E-state index contributed by atoms with van der Waals surface area (Å²) in [5, 5.41) is 18.9. The number of H-pyrrole nitrogens is 1. The van der Waals surface area contributed by atoms with E-state index >= 15 is 0 Å². The highest BCUT2D eigenvalue weighted by molar-refractivity contribution is 5.98. The molecule has 1 aromatic heterocycles. The molecule has 1 amide bonds. The van der Waals surface area contributed by atoms with E-state index in [2.05, 4.69) is 15.5 Å². The van der Waals surface area contributed by atoms with Crippen LogP contribution in [0, 0.1) is 0 Å². The van der Waals surface area contributed by atoms with Crippen LogP contribution < -0.4 is 11.1 Å². The van der Waals surface area contributed by atoms with Crippen LogP contribution in [0.15, 0.2) is 0 Å². The number of hydrogen-bond acceptors (Lipinski definition) is 4. The van der Waals surface area contributed by atoms with Gasteiger partial charge in [0.1, 0.15) is 0 Å². The lowest BCUT2D eigenvalue weighted by Crippen LogP contribution is -2.48. The summed E-state index contributed by atoms with van der Waals surface area (Å²) in [5.41, 5.74) is 6.82. The van der Waals surface area contributed by atoms with Gasteiger partial charge in [0.25, 0.3) is 5.91 Å². The molecule has 0 radical (unpaired) electrons. The molecule has 1 fully saturated rings. The summed E-state index contributed by atoms with van der Waals surface area (Å²) in [7, 11) is 0. The first-order valence-corrected chi connectivity index (χ1v) is 6.28. The van der Waals surface area contributed by atoms with Gasteiger partial charge in [-0.1, -0.05) is 6.92 Å². The van der Waals surface area contributed by atoms with E-state index in [1.165, 1.54) is 0 Å². The predicted octanol–water partition coefficient (Wildman–Crippen LogP) is 0.760. The van der Waals surface area contributed by atoms with Crippen molar-refractivity contribution < 1.29 is 9.90 Å². The van der Waals surface area contributed by atoms with Crippen molar-refractivity contribution in [2.45, 2.75) is 44.6 Å². The minimum Gasteiger partial charge on any atom is -0.395 e. The Bertz CT molecular complexity index is 447. The molecule has 0 bridgehead atoms. The van der Waals surface area contributed by atoms with Crippen molar-refractivity contribution in [3.8, 4) is 0 Å². The van der Waals surface area contributed by atoms with Gasteiger partial charge in [-0.05, 0) is 26.2 Å². The van der Waals surface area contributed by atoms with Gasteiger partial charge in [-0.25, -0.2) is 0 Å². The Kier molecular flexibility index (Phi) is 3.30. The number of anilines is 1. The van der Waals surface area contributed by atoms with Gasteiger partial charge in [0.15, 0.2) is 5.69 Å². The number of nitrogens with one attached hydrogen (secondary N) is 2. The van der Waals surface area contributed by atoms with E-state index in [4.69, 9.17) is 5.73 Å². The highest BCUT2D eigenvalue weighted by Gasteiger charge is 2.32. The first-order chi connectivity index (χ1) is 8.50. The van der Waals surface area contributed by atoms with Crippen molar-refractivity contribution in [1.82, 2.24) is 15.5 Å². The van der Waals surface area contributed by atoms with Gasteiger partial charge in [-0.15, -0.1) is 0 Å². The maximum absolute atomic E-state index is 12.1. The average molecular weight is 252 g/mol. The summed E-state index contributed by atoms with van der Waals surface area (Å²) >= 11 is 0. The second-order valence-electron chi connectivity index (χ2n) is 5.20. The second kappa shape index (κ2) is 4.61. The van der Waals surface area contributed by atoms with Crippen molar-refractivity contribution in [1.29, 1.82) is 0 Å². The van der Waals surface area contributed by atoms with Crippen molar-refractivity contribution in [2.75, 3.05) is 12.3 Å². The smallest absolute Gasteiger partial charge is 0.274 e. The monoisotopic (exact) mass is 252 g/mol. The summed E-state index contributed by atoms with van der Waals surface area (Å²) < 4.78 is 0. The van der Waals surface area contributed by atoms with Crippen LogP contribution in [-0.2, 0) is 0 Å². The number of carbonyl (C=O) groups excluding carboxylic acids is 1. The average Bonchev–Trinajstić information content (AvgIpc) is 3.12. The van der Waals surface area contributed by atoms with Crippen LogP contribution in [0.5, 0.6) is 0 Å². The largest absolute Gasteiger partial charge is 0.395 e. The van der Waals surface area contributed by atoms with E-state index in [-0.39, 0.29) is 18.2 Å². The lowest BCUT2D eigenvalue weighted by atomic mass is 10.00. The Morgan fingerprint density at radius 1 is 1.67 bits per heavy atom. The minimum atomic E-state index is -0.637. The van der Waals surface area contributed by atoms with E-state index in [1.807, 2.05) is 6.92 Å². The van der Waals surface area contributed by atoms with Crippen molar-refractivity contribution in [3.05, 3.63) is 11.4 Å². The van der Waals surface area contributed by atoms with Crippen LogP contribution in [0.1, 0.15) is 55.2 Å². The number of amides is 1. The Morgan fingerprint density at radius 2 is 2.33 bits per heavy atom. The molecule has 6 heteroatoms. The van der Waals surface area contributed by atoms with Crippen LogP contribution >= 0.6 is 0 Å². The number of aromatic amines is 1. The fraction of sp³-hybridized carbons (Fsp3) is 0.667. The standard InChI is InChI=1S/C12H20N4O2/c1-3-12(2,6-17)14-11(18)10-8(13)9(15-16-10)7-4-5-7/h7,17H,3-6,13H2,1-2H3,(H,14,18)(H,15,16). The third kappa shape index (κ3) is 2.33. The Balaban J connectivity index is 2.14. The molecule has 0 spiro atoms. The fourth-order valence-corrected chi connectivity index (χ4v) is 1.79. The number of rotatable bonds is 5. The summed E-state index contributed by atoms with van der Waals surface area (Å²) in [5.74, 6) is 0.0866. The number of aliphatic hydroxyl groups excluding tert-OH is 1. The SMILES string of the molecule is CCC(C)(CO)NC(=O)c1n[nH]c(C2CC2)c1N. The van der Waals surface area contributed by atoms with Crippen molar-refractivity contribution >= 4 is 11.6 Å². The lowest BCUT2D eigenvalue weighted by molar-refractivity contribution is 0.0843. The fourth-order valence-electron chi connectivity index (χ4n) is 1.79. The Hall–Kier alpha value is -1.56. The topological polar surface area (TPSA) is 104 Å². The zero-order chi connectivity index (χ0) is 13.3. The van der Waals surface area contributed by atoms with Crippen LogP contribution in [0.3, 0.4) is 0 Å². The van der Waals surface area contributed by atoms with Gasteiger partial charge in [0.05, 0.1) is 23.5 Å². The molecule has 1 heterocycles. The Morgan fingerprint density at radius 3 is 2.83 bits per heavy atom. The van der Waals surface area contributed by atoms with Crippen LogP contribution in [0.25, 0.3) is 0 Å². The lowest BCUT2D eigenvalue weighted by Gasteiger charge is -2.26. The highest BCUT2D eigenvalue weighted by Crippen LogP contribution is 2.42. The summed E-state index contributed by atoms with van der Waals surface area (Å²) in [4.78, 5) is 12.1. The predicted molar refractivity (Wildman–Crippen MR) is 68.2 cm³/mol. The van der Waals surface area contributed by atoms with Gasteiger partial charge in [0.2, 0.25) is 0 Å². The quantitative estimate of drug-likeness (QED) is 0.621. The third-order valence-corrected chi connectivity index (χ3v) is 3.58. The maximum Gasteiger partial charge on any atom is 0.274 e. The van der Waals surface area contributed by atoms with Gasteiger partial charge < -0.3 is 16.2 Å². The molecule has 0 aromatic carbocycles. The van der Waals surface area contributed by atoms with Gasteiger partial charge in [0, 0.05) is 5.92 Å². The second-order valence-corrected chi connectivity index (χ2v) is 5.20. The number of hydrogen-bond donors (Lipinski definition) is 4. The zero-order valence-corrected chi connectivity index (χ0v) is 10.8. The van der Waals surface area contributed by atoms with Gasteiger partial charge in [-0.3, -0.25) is 9.89 Å². The zero-order valence-electron chi connectivity index (χ0n) is 10.8. The molecular weight excluding hydrogens is 232 g/mol. The van der Waals surface area contributed by atoms with E-state index in [0.29, 0.717) is 18.0 Å². The minimum absolute atomic E-state index is 0.116. The summed E-state index contributed by atoms with van der Waals surface area (Å²) in [6, 6.07) is 0. The molecule has 2 rings (SSSR count). The third-order valence-electron chi connectivity index (χ3n) is 3.58. The van der Waals surface area contributed by atoms with Crippen molar-refractivity contribution in [2.24, 2.45) is 0 Å². The number of nitrogens with zero attached hydrogens (tertiary/aromatic N) is 1. The van der Waals surface area contributed by atoms with Crippen LogP contribution in [0.2, 0.25) is 0 Å². The number of nitrogen functional groups attached to an aromatic ring is 1. The number of carbonyl (C=O) groups is 1. The van der Waals surface area contributed by atoms with Gasteiger partial charge >= 0.3 is 0 Å². The van der Waals surface area contributed by atoms with E-state index in [0.717, 1.165) is 18.5 Å². The van der Waals surface area contributed by atoms with E-state index in [9.17, 15) is 9.90 Å². The van der Waals surface area contributed by atoms with Crippen LogP contribution in [0.4, 0.5) is 5.69 Å². The first-order valence-electron chi connectivity index (χ1n) is 6.28. The highest BCUT2D eigenvalue weighted by atomic mass is 16.3. The molecule has 1 aliphatic rings. The molecule has 6 nitrogen and oxygen atoms in total. The molecule has 0 saturated heterocycles. The number of aromatic nitrogens is 2. The number of aliphatic hydroxyl groups is 1. The maximum atomic E-state index is 12.1. The van der Waals surface area contributed by atoms with E-state index in [1.54, 1.807) is 6.92 Å². The first kappa shape index (κ1) is 12.9. The number of nitrogens with two attached hydrogens (primary N) is 1. The molecule has 1 saturated carbocycles. The molecule has 100 valence electrons. The molecule has 1 atom stereocenters.